The van der Waals surface area contributed by atoms with E-state index in [1.807, 2.05) is 13.8 Å². The van der Waals surface area contributed by atoms with Crippen LogP contribution in [-0.4, -0.2) is 47.8 Å². The van der Waals surface area contributed by atoms with Crippen LogP contribution in [-0.2, 0) is 28.7 Å². The molecule has 0 aromatic heterocycles. The van der Waals surface area contributed by atoms with Crippen molar-refractivity contribution in [3.05, 3.63) is 0 Å². The highest BCUT2D eigenvalue weighted by Crippen LogP contribution is 2.20. The van der Waals surface area contributed by atoms with Crippen molar-refractivity contribution < 1.29 is 28.7 Å². The van der Waals surface area contributed by atoms with E-state index in [4.69, 9.17) is 14.3 Å². The second-order valence-electron chi connectivity index (χ2n) is 6.54. The summed E-state index contributed by atoms with van der Waals surface area (Å²) in [6, 6.07) is 0. The molecule has 0 bridgehead atoms. The smallest absolute Gasteiger partial charge is 0.336 e. The first-order valence-corrected chi connectivity index (χ1v) is 7.32. The number of carbonyl (C=O) groups is 3. The van der Waals surface area contributed by atoms with Crippen molar-refractivity contribution in [2.45, 2.75) is 64.6 Å². The summed E-state index contributed by atoms with van der Waals surface area (Å²) in [5.74, 6) is -1.64. The maximum absolute atomic E-state index is 11.8. The van der Waals surface area contributed by atoms with Gasteiger partial charge in [-0.05, 0) is 34.1 Å². The van der Waals surface area contributed by atoms with Crippen LogP contribution < -0.4 is 0 Å². The third-order valence-electron chi connectivity index (χ3n) is 3.52. The molecule has 0 unspecified atom stereocenters. The van der Waals surface area contributed by atoms with Crippen molar-refractivity contribution in [2.24, 2.45) is 0 Å². The van der Waals surface area contributed by atoms with Gasteiger partial charge in [-0.15, -0.1) is 5.06 Å². The molecule has 1 heterocycles. The van der Waals surface area contributed by atoms with Gasteiger partial charge in [0.15, 0.2) is 0 Å². The first kappa shape index (κ1) is 18.6. The molecule has 1 fully saturated rings. The summed E-state index contributed by atoms with van der Waals surface area (Å²) < 4.78 is 11.0. The molecular formula is C15H25NO6. The number of amides is 2. The molecule has 0 atom stereocenters. The zero-order valence-electron chi connectivity index (χ0n) is 13.9. The molecule has 1 aliphatic rings. The van der Waals surface area contributed by atoms with Crippen molar-refractivity contribution in [3.63, 3.8) is 0 Å². The van der Waals surface area contributed by atoms with Crippen LogP contribution in [0.2, 0.25) is 0 Å². The Kier molecular flexibility index (Phi) is 6.08. The third kappa shape index (κ3) is 5.73. The standard InChI is InChI=1S/C15H25NO6/c1-14(2,20-5)8-9-21-15(3,4)10-13(19)22-16-11(17)6-7-12(16)18/h6-10H2,1-5H3. The lowest BCUT2D eigenvalue weighted by Gasteiger charge is -2.28. The zero-order chi connectivity index (χ0) is 17.0. The number of rotatable bonds is 8. The highest BCUT2D eigenvalue weighted by molar-refractivity contribution is 6.01. The Morgan fingerprint density at radius 3 is 2.14 bits per heavy atom. The lowest BCUT2D eigenvalue weighted by atomic mass is 10.0. The molecule has 126 valence electrons. The van der Waals surface area contributed by atoms with E-state index in [2.05, 4.69) is 0 Å². The number of hydroxylamine groups is 2. The van der Waals surface area contributed by atoms with Crippen LogP contribution in [0.1, 0.15) is 53.4 Å². The van der Waals surface area contributed by atoms with Crippen LogP contribution >= 0.6 is 0 Å². The maximum Gasteiger partial charge on any atom is 0.336 e. The normalized spacial score (nSPS) is 16.3. The highest BCUT2D eigenvalue weighted by Gasteiger charge is 2.34. The molecule has 22 heavy (non-hydrogen) atoms. The second-order valence-corrected chi connectivity index (χ2v) is 6.54. The molecule has 0 aromatic rings. The van der Waals surface area contributed by atoms with Crippen molar-refractivity contribution in [1.82, 2.24) is 5.06 Å². The Labute approximate surface area is 130 Å². The minimum Gasteiger partial charge on any atom is -0.379 e. The molecule has 0 aliphatic carbocycles. The molecule has 2 amide bonds. The number of hydrogen-bond acceptors (Lipinski definition) is 6. The predicted octanol–water partition coefficient (Wildman–Crippen LogP) is 1.59. The molecule has 1 rings (SSSR count). The number of methoxy groups -OCH3 is 1. The molecule has 0 N–H and O–H groups in total. The summed E-state index contributed by atoms with van der Waals surface area (Å²) in [7, 11) is 1.63. The largest absolute Gasteiger partial charge is 0.379 e. The van der Waals surface area contributed by atoms with Gasteiger partial charge in [0.05, 0.1) is 24.2 Å². The van der Waals surface area contributed by atoms with Gasteiger partial charge in [-0.1, -0.05) is 0 Å². The van der Waals surface area contributed by atoms with Crippen LogP contribution in [0, 0.1) is 0 Å². The van der Waals surface area contributed by atoms with Gasteiger partial charge in [0.25, 0.3) is 11.8 Å². The van der Waals surface area contributed by atoms with E-state index in [0.717, 1.165) is 0 Å². The van der Waals surface area contributed by atoms with Gasteiger partial charge in [-0.2, -0.15) is 0 Å². The summed E-state index contributed by atoms with van der Waals surface area (Å²) in [5.41, 5.74) is -1.06. The molecular weight excluding hydrogens is 290 g/mol. The van der Waals surface area contributed by atoms with E-state index in [9.17, 15) is 14.4 Å². The van der Waals surface area contributed by atoms with Gasteiger partial charge in [-0.3, -0.25) is 9.59 Å². The zero-order valence-corrected chi connectivity index (χ0v) is 13.9. The molecule has 0 radical (unpaired) electrons. The topological polar surface area (TPSA) is 82.1 Å². The van der Waals surface area contributed by atoms with Crippen LogP contribution in [0.5, 0.6) is 0 Å². The summed E-state index contributed by atoms with van der Waals surface area (Å²) >= 11 is 0. The van der Waals surface area contributed by atoms with E-state index in [1.165, 1.54) is 0 Å². The third-order valence-corrected chi connectivity index (χ3v) is 3.52. The minimum atomic E-state index is -0.757. The van der Waals surface area contributed by atoms with Crippen molar-refractivity contribution in [1.29, 1.82) is 0 Å². The number of nitrogens with zero attached hydrogens (tertiary/aromatic N) is 1. The van der Waals surface area contributed by atoms with Crippen molar-refractivity contribution in [3.8, 4) is 0 Å². The Hall–Kier alpha value is -1.47. The van der Waals surface area contributed by atoms with Crippen molar-refractivity contribution >= 4 is 17.8 Å². The fourth-order valence-electron chi connectivity index (χ4n) is 1.87. The van der Waals surface area contributed by atoms with E-state index in [-0.39, 0.29) is 24.9 Å². The Morgan fingerprint density at radius 1 is 1.09 bits per heavy atom. The average Bonchev–Trinajstić information content (AvgIpc) is 2.69. The highest BCUT2D eigenvalue weighted by atomic mass is 16.7. The summed E-state index contributed by atoms with van der Waals surface area (Å²) in [5, 5.41) is 0.548. The number of imide groups is 1. The Morgan fingerprint density at radius 2 is 1.64 bits per heavy atom. The number of carbonyl (C=O) groups excluding carboxylic acids is 3. The molecule has 7 nitrogen and oxygen atoms in total. The average molecular weight is 315 g/mol. The van der Waals surface area contributed by atoms with Crippen LogP contribution in [0.3, 0.4) is 0 Å². The minimum absolute atomic E-state index is 0.0581. The van der Waals surface area contributed by atoms with E-state index < -0.39 is 23.4 Å². The molecule has 1 aliphatic heterocycles. The quantitative estimate of drug-likeness (QED) is 0.633. The molecule has 0 aromatic carbocycles. The number of ether oxygens (including phenoxy) is 2. The van der Waals surface area contributed by atoms with Crippen molar-refractivity contribution in [2.75, 3.05) is 13.7 Å². The first-order valence-electron chi connectivity index (χ1n) is 7.32. The van der Waals surface area contributed by atoms with Gasteiger partial charge in [-0.25, -0.2) is 4.79 Å². The molecule has 7 heteroatoms. The van der Waals surface area contributed by atoms with Gasteiger partial charge < -0.3 is 14.3 Å². The Balaban J connectivity index is 2.41. The lowest BCUT2D eigenvalue weighted by molar-refractivity contribution is -0.201. The van der Waals surface area contributed by atoms with E-state index >= 15 is 0 Å². The molecule has 1 saturated heterocycles. The fourth-order valence-corrected chi connectivity index (χ4v) is 1.87. The van der Waals surface area contributed by atoms with Gasteiger partial charge in [0.2, 0.25) is 0 Å². The predicted molar refractivity (Wildman–Crippen MR) is 77.5 cm³/mol. The Bertz CT molecular complexity index is 427. The first-order chi connectivity index (χ1) is 10.1. The SMILES string of the molecule is COC(C)(C)CCOC(C)(C)CC(=O)ON1C(=O)CCC1=O. The van der Waals surface area contributed by atoms with Crippen LogP contribution in [0.4, 0.5) is 0 Å². The van der Waals surface area contributed by atoms with Gasteiger partial charge in [0, 0.05) is 20.0 Å². The van der Waals surface area contributed by atoms with Gasteiger partial charge >= 0.3 is 5.97 Å². The lowest BCUT2D eigenvalue weighted by Crippen LogP contribution is -2.36. The molecule has 0 saturated carbocycles. The van der Waals surface area contributed by atoms with E-state index in [1.54, 1.807) is 21.0 Å². The van der Waals surface area contributed by atoms with Crippen LogP contribution in [0.25, 0.3) is 0 Å². The summed E-state index contributed by atoms with van der Waals surface area (Å²) in [6.07, 6.45) is 0.777. The van der Waals surface area contributed by atoms with Gasteiger partial charge in [0.1, 0.15) is 0 Å². The second kappa shape index (κ2) is 7.19. The number of hydrogen-bond donors (Lipinski definition) is 0. The maximum atomic E-state index is 11.8. The van der Waals surface area contributed by atoms with Crippen LogP contribution in [0.15, 0.2) is 0 Å². The molecule has 0 spiro atoms. The van der Waals surface area contributed by atoms with E-state index in [0.29, 0.717) is 18.1 Å². The summed E-state index contributed by atoms with van der Waals surface area (Å²) in [4.78, 5) is 39.4. The monoisotopic (exact) mass is 315 g/mol. The fraction of sp³-hybridized carbons (Fsp3) is 0.800. The summed E-state index contributed by atoms with van der Waals surface area (Å²) in [6.45, 7) is 7.82.